The largest absolute Gasteiger partial charge is 0.487 e. The van der Waals surface area contributed by atoms with Gasteiger partial charge in [0.05, 0.1) is 18.8 Å². The van der Waals surface area contributed by atoms with Crippen molar-refractivity contribution in [3.8, 4) is 5.75 Å². The number of ether oxygens (including phenoxy) is 2. The van der Waals surface area contributed by atoms with Gasteiger partial charge in [-0.05, 0) is 36.8 Å². The van der Waals surface area contributed by atoms with Gasteiger partial charge in [0.25, 0.3) is 0 Å². The highest BCUT2D eigenvalue weighted by molar-refractivity contribution is 14.0. The molecule has 0 bridgehead atoms. The molecule has 2 aromatic rings. The summed E-state index contributed by atoms with van der Waals surface area (Å²) in [5.41, 5.74) is 2.03. The summed E-state index contributed by atoms with van der Waals surface area (Å²) < 4.78 is 10.8. The fourth-order valence-electron chi connectivity index (χ4n) is 2.12. The minimum absolute atomic E-state index is 0. The predicted molar refractivity (Wildman–Crippen MR) is 115 cm³/mol. The molecule has 7 heteroatoms. The molecular formula is C19H27IN4O2. The fourth-order valence-corrected chi connectivity index (χ4v) is 2.12. The van der Waals surface area contributed by atoms with Crippen molar-refractivity contribution in [2.24, 2.45) is 4.99 Å². The Kier molecular flexibility index (Phi) is 11.4. The smallest absolute Gasteiger partial charge is 0.191 e. The van der Waals surface area contributed by atoms with E-state index in [4.69, 9.17) is 9.47 Å². The van der Waals surface area contributed by atoms with Gasteiger partial charge < -0.3 is 20.1 Å². The van der Waals surface area contributed by atoms with Crippen LogP contribution in [0.4, 0.5) is 0 Å². The molecule has 0 aliphatic rings. The minimum Gasteiger partial charge on any atom is -0.487 e. The van der Waals surface area contributed by atoms with Gasteiger partial charge in [0, 0.05) is 26.4 Å². The van der Waals surface area contributed by atoms with Crippen LogP contribution in [0.1, 0.15) is 18.2 Å². The molecule has 0 saturated carbocycles. The van der Waals surface area contributed by atoms with Crippen molar-refractivity contribution in [3.05, 3.63) is 59.9 Å². The summed E-state index contributed by atoms with van der Waals surface area (Å²) >= 11 is 0. The second kappa shape index (κ2) is 13.3. The molecule has 2 N–H and O–H groups in total. The van der Waals surface area contributed by atoms with Crippen LogP contribution in [0.2, 0.25) is 0 Å². The van der Waals surface area contributed by atoms with E-state index in [1.165, 1.54) is 0 Å². The van der Waals surface area contributed by atoms with E-state index in [9.17, 15) is 0 Å². The first-order valence-corrected chi connectivity index (χ1v) is 8.44. The number of nitrogens with zero attached hydrogens (tertiary/aromatic N) is 2. The van der Waals surface area contributed by atoms with Crippen LogP contribution in [0.15, 0.2) is 53.7 Å². The molecule has 2 rings (SSSR count). The number of rotatable bonds is 9. The Morgan fingerprint density at radius 2 is 1.92 bits per heavy atom. The molecule has 0 amide bonds. The monoisotopic (exact) mass is 470 g/mol. The van der Waals surface area contributed by atoms with E-state index in [2.05, 4.69) is 20.6 Å². The molecule has 1 heterocycles. The zero-order valence-electron chi connectivity index (χ0n) is 15.3. The maximum Gasteiger partial charge on any atom is 0.191 e. The van der Waals surface area contributed by atoms with Crippen LogP contribution in [-0.4, -0.2) is 37.7 Å². The third kappa shape index (κ3) is 8.48. The Morgan fingerprint density at radius 3 is 2.58 bits per heavy atom. The Morgan fingerprint density at radius 1 is 1.12 bits per heavy atom. The zero-order chi connectivity index (χ0) is 17.7. The Labute approximate surface area is 172 Å². The van der Waals surface area contributed by atoms with E-state index in [1.54, 1.807) is 13.3 Å². The summed E-state index contributed by atoms with van der Waals surface area (Å²) in [6.07, 6.45) is 1.77. The molecule has 0 unspecified atom stereocenters. The lowest BCUT2D eigenvalue weighted by Crippen LogP contribution is -2.38. The predicted octanol–water partition coefficient (Wildman–Crippen LogP) is 2.98. The number of aliphatic imine (C=N–C) groups is 1. The topological polar surface area (TPSA) is 67.8 Å². The molecule has 0 aliphatic heterocycles. The van der Waals surface area contributed by atoms with Crippen LogP contribution in [0, 0.1) is 0 Å². The van der Waals surface area contributed by atoms with Crippen molar-refractivity contribution < 1.29 is 9.47 Å². The summed E-state index contributed by atoms with van der Waals surface area (Å²) in [5, 5.41) is 6.44. The van der Waals surface area contributed by atoms with E-state index in [-0.39, 0.29) is 24.0 Å². The number of hydrogen-bond donors (Lipinski definition) is 2. The Hall–Kier alpha value is -1.87. The first kappa shape index (κ1) is 22.2. The van der Waals surface area contributed by atoms with E-state index >= 15 is 0 Å². The molecule has 0 radical (unpaired) electrons. The van der Waals surface area contributed by atoms with Crippen molar-refractivity contribution in [1.29, 1.82) is 0 Å². The number of guanidine groups is 1. The molecule has 1 aromatic heterocycles. The molecule has 0 aliphatic carbocycles. The number of hydrogen-bond acceptors (Lipinski definition) is 4. The third-order valence-electron chi connectivity index (χ3n) is 3.40. The molecule has 26 heavy (non-hydrogen) atoms. The van der Waals surface area contributed by atoms with Crippen LogP contribution in [0.25, 0.3) is 0 Å². The SMILES string of the molecule is CCNC(=NCc1ccc(OCc2ccccn2)cc1)NCCOC.I. The normalized spacial score (nSPS) is 10.8. The van der Waals surface area contributed by atoms with Crippen LogP contribution in [0.3, 0.4) is 0 Å². The van der Waals surface area contributed by atoms with E-state index in [1.807, 2.05) is 49.4 Å². The Balaban J connectivity index is 0.00000338. The van der Waals surface area contributed by atoms with Crippen molar-refractivity contribution in [2.75, 3.05) is 26.8 Å². The van der Waals surface area contributed by atoms with Crippen molar-refractivity contribution >= 4 is 29.9 Å². The first-order valence-electron chi connectivity index (χ1n) is 8.44. The van der Waals surface area contributed by atoms with Crippen molar-refractivity contribution in [3.63, 3.8) is 0 Å². The summed E-state index contributed by atoms with van der Waals surface area (Å²) in [7, 11) is 1.68. The van der Waals surface area contributed by atoms with Crippen LogP contribution < -0.4 is 15.4 Å². The second-order valence-corrected chi connectivity index (χ2v) is 5.37. The molecule has 142 valence electrons. The molecule has 0 spiro atoms. The summed E-state index contributed by atoms with van der Waals surface area (Å²) in [6.45, 7) is 5.30. The number of benzene rings is 1. The first-order chi connectivity index (χ1) is 12.3. The number of nitrogens with one attached hydrogen (secondary N) is 2. The van der Waals surface area contributed by atoms with Crippen molar-refractivity contribution in [1.82, 2.24) is 15.6 Å². The zero-order valence-corrected chi connectivity index (χ0v) is 17.6. The average molecular weight is 470 g/mol. The van der Waals surface area contributed by atoms with Gasteiger partial charge >= 0.3 is 0 Å². The van der Waals surface area contributed by atoms with E-state index < -0.39 is 0 Å². The van der Waals surface area contributed by atoms with Gasteiger partial charge in [0.2, 0.25) is 0 Å². The maximum atomic E-state index is 5.74. The number of halogens is 1. The van der Waals surface area contributed by atoms with Gasteiger partial charge in [0.15, 0.2) is 5.96 Å². The van der Waals surface area contributed by atoms with Crippen LogP contribution in [0.5, 0.6) is 5.75 Å². The van der Waals surface area contributed by atoms with Crippen LogP contribution in [-0.2, 0) is 17.9 Å². The van der Waals surface area contributed by atoms with Gasteiger partial charge in [0.1, 0.15) is 12.4 Å². The summed E-state index contributed by atoms with van der Waals surface area (Å²) in [5.74, 6) is 1.61. The summed E-state index contributed by atoms with van der Waals surface area (Å²) in [6, 6.07) is 13.8. The van der Waals surface area contributed by atoms with Gasteiger partial charge in [-0.2, -0.15) is 0 Å². The average Bonchev–Trinajstić information content (AvgIpc) is 2.66. The standard InChI is InChI=1S/C19H26N4O2.HI/c1-3-20-19(22-12-13-24-2)23-14-16-7-9-18(10-8-16)25-15-17-6-4-5-11-21-17;/h4-11H,3,12-15H2,1-2H3,(H2,20,22,23);1H. The number of methoxy groups -OCH3 is 1. The van der Waals surface area contributed by atoms with Gasteiger partial charge in [-0.15, -0.1) is 24.0 Å². The molecule has 1 aromatic carbocycles. The van der Waals surface area contributed by atoms with Crippen LogP contribution >= 0.6 is 24.0 Å². The quantitative estimate of drug-likeness (QED) is 0.255. The number of pyridine rings is 1. The highest BCUT2D eigenvalue weighted by atomic mass is 127. The summed E-state index contributed by atoms with van der Waals surface area (Å²) in [4.78, 5) is 8.81. The number of aromatic nitrogens is 1. The van der Waals surface area contributed by atoms with E-state index in [0.29, 0.717) is 19.8 Å². The molecule has 0 atom stereocenters. The lowest BCUT2D eigenvalue weighted by atomic mass is 10.2. The lowest BCUT2D eigenvalue weighted by molar-refractivity contribution is 0.203. The van der Waals surface area contributed by atoms with Gasteiger partial charge in [-0.3, -0.25) is 4.98 Å². The second-order valence-electron chi connectivity index (χ2n) is 5.37. The Bertz CT molecular complexity index is 636. The highest BCUT2D eigenvalue weighted by Crippen LogP contribution is 2.14. The van der Waals surface area contributed by atoms with E-state index in [0.717, 1.165) is 36.1 Å². The minimum atomic E-state index is 0. The molecular weight excluding hydrogens is 443 g/mol. The lowest BCUT2D eigenvalue weighted by Gasteiger charge is -2.11. The molecule has 0 fully saturated rings. The molecule has 0 saturated heterocycles. The third-order valence-corrected chi connectivity index (χ3v) is 3.40. The molecule has 6 nitrogen and oxygen atoms in total. The highest BCUT2D eigenvalue weighted by Gasteiger charge is 1.99. The maximum absolute atomic E-state index is 5.74. The van der Waals surface area contributed by atoms with Gasteiger partial charge in [-0.25, -0.2) is 4.99 Å². The van der Waals surface area contributed by atoms with Crippen molar-refractivity contribution in [2.45, 2.75) is 20.1 Å². The van der Waals surface area contributed by atoms with Gasteiger partial charge in [-0.1, -0.05) is 18.2 Å². The fraction of sp³-hybridized carbons (Fsp3) is 0.368.